The SMILES string of the molecule is CSC1CCC(Nc2ncc([N+](=O)[O-])cc2C)C1. The summed E-state index contributed by atoms with van der Waals surface area (Å²) in [5.74, 6) is 0.771. The van der Waals surface area contributed by atoms with Crippen LogP contribution in [0.3, 0.4) is 0 Å². The molecule has 1 aliphatic carbocycles. The summed E-state index contributed by atoms with van der Waals surface area (Å²) in [5.41, 5.74) is 0.878. The molecule has 2 rings (SSSR count). The molecule has 0 aliphatic heterocycles. The van der Waals surface area contributed by atoms with Crippen LogP contribution in [0.2, 0.25) is 0 Å². The first-order valence-electron chi connectivity index (χ1n) is 6.00. The number of anilines is 1. The van der Waals surface area contributed by atoms with E-state index in [9.17, 15) is 10.1 Å². The summed E-state index contributed by atoms with van der Waals surface area (Å²) in [4.78, 5) is 14.4. The second-order valence-electron chi connectivity index (χ2n) is 4.63. The van der Waals surface area contributed by atoms with Crippen LogP contribution in [0, 0.1) is 17.0 Å². The van der Waals surface area contributed by atoms with E-state index in [1.807, 2.05) is 18.7 Å². The van der Waals surface area contributed by atoms with Crippen molar-refractivity contribution in [3.05, 3.63) is 27.9 Å². The highest BCUT2D eigenvalue weighted by Crippen LogP contribution is 2.30. The minimum atomic E-state index is -0.414. The molecular weight excluding hydrogens is 250 g/mol. The van der Waals surface area contributed by atoms with Gasteiger partial charge in [-0.1, -0.05) is 0 Å². The number of pyridine rings is 1. The molecule has 1 heterocycles. The molecule has 0 amide bonds. The monoisotopic (exact) mass is 267 g/mol. The van der Waals surface area contributed by atoms with Gasteiger partial charge in [-0.2, -0.15) is 11.8 Å². The molecule has 1 N–H and O–H groups in total. The van der Waals surface area contributed by atoms with Gasteiger partial charge in [-0.05, 0) is 38.0 Å². The Labute approximate surface area is 111 Å². The fourth-order valence-electron chi connectivity index (χ4n) is 2.29. The van der Waals surface area contributed by atoms with Crippen LogP contribution in [0.15, 0.2) is 12.3 Å². The average Bonchev–Trinajstić information content (AvgIpc) is 2.79. The van der Waals surface area contributed by atoms with Crippen molar-refractivity contribution >= 4 is 23.3 Å². The number of nitro groups is 1. The van der Waals surface area contributed by atoms with E-state index in [1.54, 1.807) is 6.07 Å². The smallest absolute Gasteiger partial charge is 0.287 e. The molecule has 0 spiro atoms. The number of aromatic nitrogens is 1. The Morgan fingerprint density at radius 2 is 2.33 bits per heavy atom. The molecule has 2 unspecified atom stereocenters. The van der Waals surface area contributed by atoms with Gasteiger partial charge in [0, 0.05) is 17.4 Å². The molecule has 0 saturated heterocycles. The first-order chi connectivity index (χ1) is 8.60. The van der Waals surface area contributed by atoms with Gasteiger partial charge in [-0.15, -0.1) is 0 Å². The lowest BCUT2D eigenvalue weighted by molar-refractivity contribution is -0.385. The lowest BCUT2D eigenvalue weighted by Crippen LogP contribution is -2.17. The van der Waals surface area contributed by atoms with Crippen molar-refractivity contribution in [3.8, 4) is 0 Å². The van der Waals surface area contributed by atoms with Crippen molar-refractivity contribution in [2.45, 2.75) is 37.5 Å². The highest BCUT2D eigenvalue weighted by Gasteiger charge is 2.24. The van der Waals surface area contributed by atoms with Crippen LogP contribution in [0.5, 0.6) is 0 Å². The third-order valence-corrected chi connectivity index (χ3v) is 4.43. The van der Waals surface area contributed by atoms with Gasteiger partial charge < -0.3 is 5.32 Å². The number of nitrogens with one attached hydrogen (secondary N) is 1. The molecule has 0 bridgehead atoms. The van der Waals surface area contributed by atoms with Gasteiger partial charge in [0.1, 0.15) is 12.0 Å². The van der Waals surface area contributed by atoms with E-state index in [-0.39, 0.29) is 5.69 Å². The molecule has 0 aromatic carbocycles. The minimum Gasteiger partial charge on any atom is -0.367 e. The van der Waals surface area contributed by atoms with Gasteiger partial charge in [-0.3, -0.25) is 10.1 Å². The highest BCUT2D eigenvalue weighted by atomic mass is 32.2. The summed E-state index contributed by atoms with van der Waals surface area (Å²) < 4.78 is 0. The Morgan fingerprint density at radius 3 is 2.89 bits per heavy atom. The van der Waals surface area contributed by atoms with E-state index in [4.69, 9.17) is 0 Å². The van der Waals surface area contributed by atoms with Crippen molar-refractivity contribution in [2.24, 2.45) is 0 Å². The number of hydrogen-bond donors (Lipinski definition) is 1. The molecular formula is C12H17N3O2S. The predicted octanol–water partition coefficient (Wildman–Crippen LogP) is 2.99. The number of nitrogens with zero attached hydrogens (tertiary/aromatic N) is 2. The van der Waals surface area contributed by atoms with Gasteiger partial charge in [0.15, 0.2) is 0 Å². The number of aryl methyl sites for hydroxylation is 1. The zero-order chi connectivity index (χ0) is 13.1. The fraction of sp³-hybridized carbons (Fsp3) is 0.583. The maximum atomic E-state index is 10.6. The Kier molecular flexibility index (Phi) is 4.06. The summed E-state index contributed by atoms with van der Waals surface area (Å²) in [6.07, 6.45) is 6.96. The van der Waals surface area contributed by atoms with E-state index in [1.165, 1.54) is 12.6 Å². The summed E-state index contributed by atoms with van der Waals surface area (Å²) in [6.45, 7) is 1.85. The summed E-state index contributed by atoms with van der Waals surface area (Å²) in [6, 6.07) is 2.01. The number of rotatable bonds is 4. The lowest BCUT2D eigenvalue weighted by Gasteiger charge is -2.14. The Morgan fingerprint density at radius 1 is 1.56 bits per heavy atom. The Bertz CT molecular complexity index is 453. The normalized spacial score (nSPS) is 23.0. The van der Waals surface area contributed by atoms with Gasteiger partial charge in [0.2, 0.25) is 0 Å². The van der Waals surface area contributed by atoms with Crippen LogP contribution >= 0.6 is 11.8 Å². The Hall–Kier alpha value is -1.30. The standard InChI is InChI=1S/C12H17N3O2S/c1-8-5-10(15(16)17)7-13-12(8)14-9-3-4-11(6-9)18-2/h5,7,9,11H,3-4,6H2,1-2H3,(H,13,14). The quantitative estimate of drug-likeness (QED) is 0.671. The van der Waals surface area contributed by atoms with Crippen LogP contribution in [0.25, 0.3) is 0 Å². The zero-order valence-electron chi connectivity index (χ0n) is 10.5. The molecule has 5 nitrogen and oxygen atoms in total. The summed E-state index contributed by atoms with van der Waals surface area (Å²) in [5, 5.41) is 14.7. The third kappa shape index (κ3) is 2.93. The molecule has 1 fully saturated rings. The predicted molar refractivity (Wildman–Crippen MR) is 74.2 cm³/mol. The number of thioether (sulfide) groups is 1. The highest BCUT2D eigenvalue weighted by molar-refractivity contribution is 7.99. The van der Waals surface area contributed by atoms with Crippen molar-refractivity contribution < 1.29 is 4.92 Å². The van der Waals surface area contributed by atoms with Crippen molar-refractivity contribution in [2.75, 3.05) is 11.6 Å². The van der Waals surface area contributed by atoms with Crippen molar-refractivity contribution in [3.63, 3.8) is 0 Å². The maximum Gasteiger partial charge on any atom is 0.287 e. The van der Waals surface area contributed by atoms with E-state index in [0.717, 1.165) is 29.5 Å². The van der Waals surface area contributed by atoms with Crippen molar-refractivity contribution in [1.82, 2.24) is 4.98 Å². The van der Waals surface area contributed by atoms with Crippen LogP contribution in [-0.2, 0) is 0 Å². The fourth-order valence-corrected chi connectivity index (χ4v) is 3.09. The van der Waals surface area contributed by atoms with Crippen LogP contribution in [0.4, 0.5) is 11.5 Å². The van der Waals surface area contributed by atoms with Crippen LogP contribution in [-0.4, -0.2) is 27.5 Å². The van der Waals surface area contributed by atoms with Gasteiger partial charge in [-0.25, -0.2) is 4.98 Å². The van der Waals surface area contributed by atoms with Gasteiger partial charge in [0.05, 0.1) is 4.92 Å². The first kappa shape index (κ1) is 13.1. The van der Waals surface area contributed by atoms with E-state index >= 15 is 0 Å². The Balaban J connectivity index is 2.04. The van der Waals surface area contributed by atoms with E-state index in [0.29, 0.717) is 6.04 Å². The van der Waals surface area contributed by atoms with Gasteiger partial charge >= 0.3 is 0 Å². The molecule has 1 saturated carbocycles. The maximum absolute atomic E-state index is 10.6. The second-order valence-corrected chi connectivity index (χ2v) is 5.77. The molecule has 6 heteroatoms. The summed E-state index contributed by atoms with van der Waals surface area (Å²) >= 11 is 1.91. The topological polar surface area (TPSA) is 68.1 Å². The largest absolute Gasteiger partial charge is 0.367 e. The van der Waals surface area contributed by atoms with Gasteiger partial charge in [0.25, 0.3) is 5.69 Å². The summed E-state index contributed by atoms with van der Waals surface area (Å²) in [7, 11) is 0. The molecule has 1 aromatic rings. The average molecular weight is 267 g/mol. The molecule has 98 valence electrons. The van der Waals surface area contributed by atoms with Crippen LogP contribution in [0.1, 0.15) is 24.8 Å². The minimum absolute atomic E-state index is 0.0477. The van der Waals surface area contributed by atoms with E-state index < -0.39 is 4.92 Å². The number of hydrogen-bond acceptors (Lipinski definition) is 5. The lowest BCUT2D eigenvalue weighted by atomic mass is 10.2. The van der Waals surface area contributed by atoms with Crippen molar-refractivity contribution in [1.29, 1.82) is 0 Å². The first-order valence-corrected chi connectivity index (χ1v) is 7.29. The molecule has 18 heavy (non-hydrogen) atoms. The molecule has 1 aliphatic rings. The van der Waals surface area contributed by atoms with E-state index in [2.05, 4.69) is 16.6 Å². The van der Waals surface area contributed by atoms with Crippen LogP contribution < -0.4 is 5.32 Å². The second kappa shape index (κ2) is 5.56. The zero-order valence-corrected chi connectivity index (χ0v) is 11.4. The molecule has 0 radical (unpaired) electrons. The molecule has 1 aromatic heterocycles. The molecule has 2 atom stereocenters. The third-order valence-electron chi connectivity index (χ3n) is 3.33.